The fourth-order valence-corrected chi connectivity index (χ4v) is 1.97. The molecule has 7 heteroatoms. The van der Waals surface area contributed by atoms with Gasteiger partial charge in [0.15, 0.2) is 17.1 Å². The molecule has 1 atom stereocenters. The molecule has 2 aromatic rings. The fourth-order valence-electron chi connectivity index (χ4n) is 1.97. The van der Waals surface area contributed by atoms with E-state index in [9.17, 15) is 5.11 Å². The van der Waals surface area contributed by atoms with Crippen LogP contribution in [0.1, 0.15) is 12.2 Å². The number of nitrogens with zero attached hydrogens (tertiary/aromatic N) is 4. The lowest BCUT2D eigenvalue weighted by Crippen LogP contribution is -2.35. The number of terminal acetylenes is 1. The van der Waals surface area contributed by atoms with Gasteiger partial charge in [0.2, 0.25) is 0 Å². The van der Waals surface area contributed by atoms with Gasteiger partial charge in [-0.05, 0) is 6.92 Å². The first kappa shape index (κ1) is 14.2. The molecule has 0 saturated carbocycles. The highest BCUT2D eigenvalue weighted by Gasteiger charge is 2.26. The number of aliphatic hydroxyl groups is 1. The molecule has 106 valence electrons. The van der Waals surface area contributed by atoms with E-state index in [1.165, 1.54) is 7.11 Å². The van der Waals surface area contributed by atoms with Gasteiger partial charge in [0.25, 0.3) is 0 Å². The lowest BCUT2D eigenvalue weighted by atomic mass is 10.0. The van der Waals surface area contributed by atoms with Crippen LogP contribution in [0.4, 0.5) is 5.82 Å². The van der Waals surface area contributed by atoms with Crippen LogP contribution in [0.15, 0.2) is 6.33 Å². The number of anilines is 1. The molecule has 0 radical (unpaired) electrons. The van der Waals surface area contributed by atoms with E-state index < -0.39 is 5.60 Å². The molecule has 0 aliphatic rings. The van der Waals surface area contributed by atoms with Crippen molar-refractivity contribution < 1.29 is 9.84 Å². The summed E-state index contributed by atoms with van der Waals surface area (Å²) in [7, 11) is 1.48. The van der Waals surface area contributed by atoms with Crippen molar-refractivity contribution in [3.8, 4) is 12.3 Å². The Morgan fingerprint density at radius 2 is 2.30 bits per heavy atom. The quantitative estimate of drug-likeness (QED) is 0.752. The van der Waals surface area contributed by atoms with Crippen molar-refractivity contribution in [1.29, 1.82) is 0 Å². The van der Waals surface area contributed by atoms with Gasteiger partial charge in [-0.25, -0.2) is 15.0 Å². The number of hydrogen-bond acceptors (Lipinski definition) is 6. The largest absolute Gasteiger partial charge is 0.392 e. The minimum Gasteiger partial charge on any atom is -0.392 e. The lowest BCUT2D eigenvalue weighted by Gasteiger charge is -2.24. The van der Waals surface area contributed by atoms with Crippen molar-refractivity contribution in [2.45, 2.75) is 25.5 Å². The molecule has 1 unspecified atom stereocenters. The number of aromatic nitrogens is 4. The first-order valence-corrected chi connectivity index (χ1v) is 6.14. The van der Waals surface area contributed by atoms with E-state index in [0.29, 0.717) is 35.8 Å². The molecule has 0 aliphatic heterocycles. The predicted octanol–water partition coefficient (Wildman–Crippen LogP) is 0.118. The molecule has 0 amide bonds. The van der Waals surface area contributed by atoms with Gasteiger partial charge in [-0.15, -0.1) is 6.42 Å². The molecule has 2 aromatic heterocycles. The Hall–Kier alpha value is -2.17. The van der Waals surface area contributed by atoms with E-state index in [1.54, 1.807) is 13.3 Å². The van der Waals surface area contributed by atoms with Crippen LogP contribution in [0.2, 0.25) is 0 Å². The monoisotopic (exact) mass is 275 g/mol. The van der Waals surface area contributed by atoms with E-state index in [2.05, 4.69) is 20.9 Å². The van der Waals surface area contributed by atoms with Gasteiger partial charge < -0.3 is 20.1 Å². The summed E-state index contributed by atoms with van der Waals surface area (Å²) in [4.78, 5) is 12.6. The molecule has 0 saturated heterocycles. The summed E-state index contributed by atoms with van der Waals surface area (Å²) in [5.41, 5.74) is 6.02. The molecule has 0 fully saturated rings. The van der Waals surface area contributed by atoms with Crippen LogP contribution < -0.4 is 5.73 Å². The molecule has 0 aromatic carbocycles. The summed E-state index contributed by atoms with van der Waals surface area (Å²) in [5, 5.41) is 9.37. The molecular weight excluding hydrogens is 258 g/mol. The summed E-state index contributed by atoms with van der Waals surface area (Å²) in [5.74, 6) is 3.41. The minimum absolute atomic E-state index is 0.247. The van der Waals surface area contributed by atoms with Gasteiger partial charge in [-0.2, -0.15) is 0 Å². The Labute approximate surface area is 116 Å². The fraction of sp³-hybridized carbons (Fsp3) is 0.462. The van der Waals surface area contributed by atoms with E-state index in [4.69, 9.17) is 16.9 Å². The van der Waals surface area contributed by atoms with Crippen molar-refractivity contribution in [2.24, 2.45) is 0 Å². The Morgan fingerprint density at radius 3 is 2.90 bits per heavy atom. The van der Waals surface area contributed by atoms with Gasteiger partial charge in [-0.1, -0.05) is 5.92 Å². The Kier molecular flexibility index (Phi) is 3.88. The Bertz CT molecular complexity index is 655. The zero-order valence-electron chi connectivity index (χ0n) is 11.5. The molecule has 0 bridgehead atoms. The van der Waals surface area contributed by atoms with Crippen LogP contribution in [-0.2, 0) is 11.3 Å². The van der Waals surface area contributed by atoms with Crippen LogP contribution in [0, 0.1) is 19.3 Å². The number of nitrogens with two attached hydrogens (primary N) is 1. The van der Waals surface area contributed by atoms with Crippen molar-refractivity contribution >= 4 is 17.0 Å². The Balaban J connectivity index is 2.29. The molecule has 2 rings (SSSR count). The van der Waals surface area contributed by atoms with Crippen LogP contribution >= 0.6 is 0 Å². The first-order chi connectivity index (χ1) is 9.55. The average Bonchev–Trinajstić information content (AvgIpc) is 2.84. The summed E-state index contributed by atoms with van der Waals surface area (Å²) in [6, 6.07) is 0. The third-order valence-electron chi connectivity index (χ3n) is 3.27. The van der Waals surface area contributed by atoms with E-state index in [0.717, 1.165) is 0 Å². The highest BCUT2D eigenvalue weighted by Crippen LogP contribution is 2.19. The molecule has 3 N–H and O–H groups in total. The Morgan fingerprint density at radius 1 is 1.55 bits per heavy atom. The number of fused-ring (bicyclic) bond motifs is 1. The van der Waals surface area contributed by atoms with Gasteiger partial charge in [0.05, 0.1) is 12.9 Å². The maximum absolute atomic E-state index is 9.37. The van der Waals surface area contributed by atoms with Crippen molar-refractivity contribution in [2.75, 3.05) is 19.5 Å². The number of nitrogen functional groups attached to an aromatic ring is 1. The number of methoxy groups -OCH3 is 1. The maximum Gasteiger partial charge on any atom is 0.165 e. The summed E-state index contributed by atoms with van der Waals surface area (Å²) < 4.78 is 7.04. The second-order valence-electron chi connectivity index (χ2n) is 4.52. The zero-order valence-corrected chi connectivity index (χ0v) is 11.5. The number of ether oxygens (including phenoxy) is 1. The number of rotatable bonds is 5. The van der Waals surface area contributed by atoms with Crippen LogP contribution in [0.25, 0.3) is 11.2 Å². The number of aryl methyl sites for hydroxylation is 2. The third kappa shape index (κ3) is 2.43. The van der Waals surface area contributed by atoms with Crippen molar-refractivity contribution in [3.63, 3.8) is 0 Å². The number of aliphatic hydroxyl groups excluding tert-OH is 1. The van der Waals surface area contributed by atoms with E-state index in [1.807, 2.05) is 4.57 Å². The normalized spacial score (nSPS) is 14.1. The highest BCUT2D eigenvalue weighted by atomic mass is 16.5. The number of imidazole rings is 1. The third-order valence-corrected chi connectivity index (χ3v) is 3.27. The van der Waals surface area contributed by atoms with Crippen LogP contribution in [0.3, 0.4) is 0 Å². The molecular formula is C13H17N5O2. The molecule has 0 aliphatic carbocycles. The smallest absolute Gasteiger partial charge is 0.165 e. The minimum atomic E-state index is -0.996. The van der Waals surface area contributed by atoms with E-state index in [-0.39, 0.29) is 6.61 Å². The lowest BCUT2D eigenvalue weighted by molar-refractivity contribution is -0.0147. The molecule has 2 heterocycles. The van der Waals surface area contributed by atoms with E-state index >= 15 is 0 Å². The van der Waals surface area contributed by atoms with Crippen LogP contribution in [-0.4, -0.2) is 43.9 Å². The zero-order chi connectivity index (χ0) is 14.8. The van der Waals surface area contributed by atoms with Gasteiger partial charge in [-0.3, -0.25) is 0 Å². The second kappa shape index (κ2) is 5.45. The van der Waals surface area contributed by atoms with Crippen molar-refractivity contribution in [3.05, 3.63) is 12.2 Å². The average molecular weight is 275 g/mol. The second-order valence-corrected chi connectivity index (χ2v) is 4.52. The highest BCUT2D eigenvalue weighted by molar-refractivity contribution is 5.81. The summed E-state index contributed by atoms with van der Waals surface area (Å²) >= 11 is 0. The number of hydrogen-bond donors (Lipinski definition) is 2. The molecule has 7 nitrogen and oxygen atoms in total. The molecule has 20 heavy (non-hydrogen) atoms. The van der Waals surface area contributed by atoms with Gasteiger partial charge >= 0.3 is 0 Å². The predicted molar refractivity (Wildman–Crippen MR) is 74.7 cm³/mol. The standard InChI is InChI=1S/C13H17N5O2/c1-4-13(7-19,20-3)5-6-18-8-15-10-11(14)16-9(2)17-12(10)18/h1,8,19H,5-7H2,2-3H3,(H2,14,16,17). The first-order valence-electron chi connectivity index (χ1n) is 6.14. The van der Waals surface area contributed by atoms with Gasteiger partial charge in [0.1, 0.15) is 11.3 Å². The SMILES string of the molecule is C#CC(CO)(CCn1cnc2c(N)nc(C)nc21)OC. The summed E-state index contributed by atoms with van der Waals surface area (Å²) in [6.45, 7) is 2.02. The summed E-state index contributed by atoms with van der Waals surface area (Å²) in [6.07, 6.45) is 7.49. The van der Waals surface area contributed by atoms with Crippen molar-refractivity contribution in [1.82, 2.24) is 19.5 Å². The van der Waals surface area contributed by atoms with Gasteiger partial charge in [0, 0.05) is 20.1 Å². The van der Waals surface area contributed by atoms with Crippen LogP contribution in [0.5, 0.6) is 0 Å². The topological polar surface area (TPSA) is 99.1 Å². The molecule has 0 spiro atoms. The maximum atomic E-state index is 9.37.